The smallest absolute Gasteiger partial charge is 0.336 e. The lowest BCUT2D eigenvalue weighted by molar-refractivity contribution is -0.139. The van der Waals surface area contributed by atoms with Crippen LogP contribution in [0.25, 0.3) is 0 Å². The van der Waals surface area contributed by atoms with Crippen molar-refractivity contribution in [3.05, 3.63) is 70.8 Å². The van der Waals surface area contributed by atoms with Crippen LogP contribution in [0, 0.1) is 0 Å². The lowest BCUT2D eigenvalue weighted by Crippen LogP contribution is -2.48. The molecule has 3 amide bonds. The number of hydrogen-bond acceptors (Lipinski definition) is 4. The number of alkyl halides is 3. The third-order valence-electron chi connectivity index (χ3n) is 6.04. The van der Waals surface area contributed by atoms with E-state index in [2.05, 4.69) is 4.90 Å². The second-order valence-corrected chi connectivity index (χ2v) is 8.33. The molecule has 2 fully saturated rings. The number of nitrogens with zero attached hydrogens (tertiary/aromatic N) is 3. The summed E-state index contributed by atoms with van der Waals surface area (Å²) in [5.41, 5.74) is 1.46. The number of hydrogen-bond donors (Lipinski definition) is 0. The molecule has 174 valence electrons. The molecule has 0 N–H and O–H groups in total. The molecule has 2 aromatic rings. The van der Waals surface area contributed by atoms with Crippen molar-refractivity contribution >= 4 is 17.7 Å². The van der Waals surface area contributed by atoms with Gasteiger partial charge in [0.25, 0.3) is 5.91 Å². The molecule has 33 heavy (non-hydrogen) atoms. The van der Waals surface area contributed by atoms with Gasteiger partial charge in [0.1, 0.15) is 0 Å². The SMILES string of the molecule is O=C(c1ccc(CN2C(=O)CCC2=O)cc1)N1CCN(Cc2ccc(C(F)(F)F)cc2)CC1. The van der Waals surface area contributed by atoms with Crippen molar-refractivity contribution in [2.45, 2.75) is 32.1 Å². The maximum Gasteiger partial charge on any atom is 0.416 e. The summed E-state index contributed by atoms with van der Waals surface area (Å²) < 4.78 is 38.1. The summed E-state index contributed by atoms with van der Waals surface area (Å²) >= 11 is 0. The Hall–Kier alpha value is -3.20. The number of likely N-dealkylation sites (tertiary alicyclic amines) is 1. The van der Waals surface area contributed by atoms with Crippen LogP contribution in [0.4, 0.5) is 13.2 Å². The van der Waals surface area contributed by atoms with Crippen molar-refractivity contribution in [3.63, 3.8) is 0 Å². The Balaban J connectivity index is 1.28. The molecule has 2 aliphatic rings. The summed E-state index contributed by atoms with van der Waals surface area (Å²) in [5.74, 6) is -0.437. The zero-order valence-electron chi connectivity index (χ0n) is 18.0. The lowest BCUT2D eigenvalue weighted by atomic mass is 10.1. The van der Waals surface area contributed by atoms with Crippen molar-refractivity contribution in [1.29, 1.82) is 0 Å². The summed E-state index contributed by atoms with van der Waals surface area (Å²) in [7, 11) is 0. The van der Waals surface area contributed by atoms with Crippen molar-refractivity contribution in [2.24, 2.45) is 0 Å². The molecule has 0 bridgehead atoms. The van der Waals surface area contributed by atoms with Gasteiger partial charge in [0.05, 0.1) is 12.1 Å². The zero-order chi connectivity index (χ0) is 23.6. The molecule has 0 spiro atoms. The van der Waals surface area contributed by atoms with Gasteiger partial charge in [0.15, 0.2) is 0 Å². The van der Waals surface area contributed by atoms with Gasteiger partial charge in [0, 0.05) is 51.1 Å². The Morgan fingerprint density at radius 2 is 1.27 bits per heavy atom. The van der Waals surface area contributed by atoms with Crippen molar-refractivity contribution in [2.75, 3.05) is 26.2 Å². The standard InChI is InChI=1S/C24H24F3N3O3/c25-24(26,27)20-7-3-17(4-8-20)15-28-11-13-29(14-12-28)23(33)19-5-1-18(2-6-19)16-30-21(31)9-10-22(30)32/h1-8H,9-16H2. The van der Waals surface area contributed by atoms with E-state index in [0.717, 1.165) is 23.3 Å². The highest BCUT2D eigenvalue weighted by atomic mass is 19.4. The second-order valence-electron chi connectivity index (χ2n) is 8.33. The van der Waals surface area contributed by atoms with Gasteiger partial charge in [0.2, 0.25) is 11.8 Å². The Bertz CT molecular complexity index is 1010. The average Bonchev–Trinajstić information content (AvgIpc) is 3.11. The Morgan fingerprint density at radius 3 is 1.82 bits per heavy atom. The summed E-state index contributed by atoms with van der Waals surface area (Å²) in [6, 6.07) is 12.1. The molecule has 4 rings (SSSR count). The number of halogens is 3. The topological polar surface area (TPSA) is 60.9 Å². The summed E-state index contributed by atoms with van der Waals surface area (Å²) in [6.45, 7) is 3.06. The first-order valence-corrected chi connectivity index (χ1v) is 10.8. The van der Waals surface area contributed by atoms with E-state index in [1.807, 2.05) is 0 Å². The fourth-order valence-corrected chi connectivity index (χ4v) is 4.08. The van der Waals surface area contributed by atoms with Crippen LogP contribution in [-0.2, 0) is 28.9 Å². The van der Waals surface area contributed by atoms with Gasteiger partial charge in [-0.25, -0.2) is 0 Å². The summed E-state index contributed by atoms with van der Waals surface area (Å²) in [5, 5.41) is 0. The minimum absolute atomic E-state index is 0.0935. The number of benzene rings is 2. The molecule has 0 unspecified atom stereocenters. The molecule has 2 saturated heterocycles. The van der Waals surface area contributed by atoms with Crippen LogP contribution in [0.15, 0.2) is 48.5 Å². The van der Waals surface area contributed by atoms with E-state index in [1.165, 1.54) is 17.0 Å². The van der Waals surface area contributed by atoms with Gasteiger partial charge < -0.3 is 4.90 Å². The van der Waals surface area contributed by atoms with Crippen LogP contribution in [0.5, 0.6) is 0 Å². The highest BCUT2D eigenvalue weighted by Gasteiger charge is 2.30. The molecule has 2 aromatic carbocycles. The van der Waals surface area contributed by atoms with Gasteiger partial charge in [-0.05, 0) is 35.4 Å². The number of amides is 3. The fourth-order valence-electron chi connectivity index (χ4n) is 4.08. The van der Waals surface area contributed by atoms with Crippen LogP contribution in [0.1, 0.15) is 39.9 Å². The zero-order valence-corrected chi connectivity index (χ0v) is 18.0. The Labute approximate surface area is 189 Å². The van der Waals surface area contributed by atoms with Gasteiger partial charge >= 0.3 is 6.18 Å². The van der Waals surface area contributed by atoms with Gasteiger partial charge in [-0.15, -0.1) is 0 Å². The first kappa shape index (κ1) is 23.0. The highest BCUT2D eigenvalue weighted by Crippen LogP contribution is 2.29. The maximum absolute atomic E-state index is 12.8. The molecule has 9 heteroatoms. The lowest BCUT2D eigenvalue weighted by Gasteiger charge is -2.34. The molecule has 0 aromatic heterocycles. The predicted molar refractivity (Wildman–Crippen MR) is 114 cm³/mol. The van der Waals surface area contributed by atoms with Crippen LogP contribution in [0.2, 0.25) is 0 Å². The fraction of sp³-hybridized carbons (Fsp3) is 0.375. The van der Waals surface area contributed by atoms with E-state index in [9.17, 15) is 27.6 Å². The van der Waals surface area contributed by atoms with E-state index < -0.39 is 11.7 Å². The van der Waals surface area contributed by atoms with Gasteiger partial charge in [-0.2, -0.15) is 13.2 Å². The third-order valence-corrected chi connectivity index (χ3v) is 6.04. The molecule has 2 heterocycles. The largest absolute Gasteiger partial charge is 0.416 e. The summed E-state index contributed by atoms with van der Waals surface area (Å²) in [4.78, 5) is 41.5. The number of carbonyl (C=O) groups excluding carboxylic acids is 3. The van der Waals surface area contributed by atoms with Crippen LogP contribution < -0.4 is 0 Å². The normalized spacial score (nSPS) is 17.7. The predicted octanol–water partition coefficient (Wildman–Crippen LogP) is 3.31. The van der Waals surface area contributed by atoms with Crippen molar-refractivity contribution in [1.82, 2.24) is 14.7 Å². The minimum Gasteiger partial charge on any atom is -0.336 e. The molecule has 2 aliphatic heterocycles. The van der Waals surface area contributed by atoms with Crippen molar-refractivity contribution in [3.8, 4) is 0 Å². The number of piperazine rings is 1. The number of carbonyl (C=O) groups is 3. The Kier molecular flexibility index (Phi) is 6.51. The van der Waals surface area contributed by atoms with E-state index in [1.54, 1.807) is 29.2 Å². The molecule has 0 aliphatic carbocycles. The van der Waals surface area contributed by atoms with E-state index in [-0.39, 0.29) is 37.1 Å². The number of imide groups is 1. The molecular formula is C24H24F3N3O3. The quantitative estimate of drug-likeness (QED) is 0.644. The second kappa shape index (κ2) is 9.35. The van der Waals surface area contributed by atoms with Crippen LogP contribution >= 0.6 is 0 Å². The van der Waals surface area contributed by atoms with Crippen LogP contribution in [-0.4, -0.2) is 58.6 Å². The van der Waals surface area contributed by atoms with E-state index >= 15 is 0 Å². The first-order chi connectivity index (χ1) is 15.7. The van der Waals surface area contributed by atoms with E-state index in [0.29, 0.717) is 38.3 Å². The monoisotopic (exact) mass is 459 g/mol. The molecular weight excluding hydrogens is 435 g/mol. The van der Waals surface area contributed by atoms with Crippen molar-refractivity contribution < 1.29 is 27.6 Å². The third kappa shape index (κ3) is 5.42. The Morgan fingerprint density at radius 1 is 0.758 bits per heavy atom. The molecule has 0 radical (unpaired) electrons. The minimum atomic E-state index is -4.34. The van der Waals surface area contributed by atoms with Gasteiger partial charge in [-0.1, -0.05) is 24.3 Å². The maximum atomic E-state index is 12.8. The number of rotatable bonds is 5. The molecule has 0 saturated carbocycles. The average molecular weight is 459 g/mol. The molecule has 6 nitrogen and oxygen atoms in total. The van der Waals surface area contributed by atoms with Gasteiger partial charge in [-0.3, -0.25) is 24.2 Å². The van der Waals surface area contributed by atoms with Crippen LogP contribution in [0.3, 0.4) is 0 Å². The highest BCUT2D eigenvalue weighted by molar-refractivity contribution is 6.01. The van der Waals surface area contributed by atoms with E-state index in [4.69, 9.17) is 0 Å². The molecule has 0 atom stereocenters. The summed E-state index contributed by atoms with van der Waals surface area (Å²) in [6.07, 6.45) is -3.84. The first-order valence-electron chi connectivity index (χ1n) is 10.8.